The van der Waals surface area contributed by atoms with Crippen LogP contribution in [-0.2, 0) is 17.9 Å². The smallest absolute Gasteiger partial charge is 0.208 e. The second-order valence-corrected chi connectivity index (χ2v) is 7.89. The van der Waals surface area contributed by atoms with E-state index in [0.717, 1.165) is 56.0 Å². The Balaban J connectivity index is 1.27. The number of nitrogens with zero attached hydrogens (tertiary/aromatic N) is 3. The number of nitrogens with one attached hydrogen (secondary N) is 2. The molecule has 30 heavy (non-hydrogen) atoms. The van der Waals surface area contributed by atoms with Crippen LogP contribution in [0.15, 0.2) is 39.7 Å². The van der Waals surface area contributed by atoms with Crippen LogP contribution in [0.3, 0.4) is 0 Å². The fourth-order valence-electron chi connectivity index (χ4n) is 3.61. The lowest BCUT2D eigenvalue weighted by atomic mass is 9.97. The van der Waals surface area contributed by atoms with Crippen molar-refractivity contribution in [2.45, 2.75) is 39.8 Å². The summed E-state index contributed by atoms with van der Waals surface area (Å²) in [6, 6.07) is 10.2. The summed E-state index contributed by atoms with van der Waals surface area (Å²) in [5.41, 5.74) is 2.19. The molecule has 7 nitrogen and oxygen atoms in total. The molecule has 1 aliphatic rings. The Hall–Kier alpha value is -2.38. The van der Waals surface area contributed by atoms with E-state index in [9.17, 15) is 0 Å². The average Bonchev–Trinajstić information content (AvgIpc) is 3.08. The summed E-state index contributed by atoms with van der Waals surface area (Å²) in [6.45, 7) is 9.89. The van der Waals surface area contributed by atoms with E-state index in [1.807, 2.05) is 39.1 Å². The standard InChI is InChI=1S/C23H35N5O2/c1-18-19(2)30-22(27-18)16-28-12-9-20(10-13-28)15-26-23(24-3)25-11-14-29-17-21-7-5-4-6-8-21/h4-8,20H,9-17H2,1-3H3,(H2,24,25,26). The molecule has 0 saturated carbocycles. The molecule has 2 aromatic rings. The van der Waals surface area contributed by atoms with Crippen molar-refractivity contribution in [3.8, 4) is 0 Å². The van der Waals surface area contributed by atoms with Gasteiger partial charge in [-0.3, -0.25) is 9.89 Å². The Morgan fingerprint density at radius 3 is 2.63 bits per heavy atom. The first-order valence-electron chi connectivity index (χ1n) is 10.9. The maximum absolute atomic E-state index is 5.72. The molecule has 0 radical (unpaired) electrons. The lowest BCUT2D eigenvalue weighted by molar-refractivity contribution is 0.125. The van der Waals surface area contributed by atoms with Crippen LogP contribution in [0.2, 0.25) is 0 Å². The molecule has 3 rings (SSSR count). The molecule has 1 aromatic heterocycles. The number of rotatable bonds is 9. The molecule has 0 bridgehead atoms. The van der Waals surface area contributed by atoms with Crippen LogP contribution in [0.4, 0.5) is 0 Å². The molecule has 164 valence electrons. The van der Waals surface area contributed by atoms with Crippen LogP contribution in [0, 0.1) is 19.8 Å². The van der Waals surface area contributed by atoms with E-state index in [-0.39, 0.29) is 0 Å². The largest absolute Gasteiger partial charge is 0.444 e. The van der Waals surface area contributed by atoms with Crippen LogP contribution in [0.1, 0.15) is 35.7 Å². The summed E-state index contributed by atoms with van der Waals surface area (Å²) in [7, 11) is 1.81. The summed E-state index contributed by atoms with van der Waals surface area (Å²) in [5, 5.41) is 6.78. The van der Waals surface area contributed by atoms with Gasteiger partial charge in [0.2, 0.25) is 5.89 Å². The van der Waals surface area contributed by atoms with E-state index >= 15 is 0 Å². The van der Waals surface area contributed by atoms with Crippen molar-refractivity contribution in [3.63, 3.8) is 0 Å². The molecule has 2 N–H and O–H groups in total. The molecule has 0 amide bonds. The van der Waals surface area contributed by atoms with Crippen molar-refractivity contribution in [2.75, 3.05) is 39.8 Å². The number of aromatic nitrogens is 1. The third kappa shape index (κ3) is 7.15. The minimum absolute atomic E-state index is 0.639. The number of likely N-dealkylation sites (tertiary alicyclic amines) is 1. The first-order chi connectivity index (χ1) is 14.6. The van der Waals surface area contributed by atoms with Gasteiger partial charge >= 0.3 is 0 Å². The highest BCUT2D eigenvalue weighted by molar-refractivity contribution is 5.79. The molecule has 0 unspecified atom stereocenters. The normalized spacial score (nSPS) is 16.0. The second-order valence-electron chi connectivity index (χ2n) is 7.89. The first-order valence-corrected chi connectivity index (χ1v) is 10.9. The number of hydrogen-bond acceptors (Lipinski definition) is 5. The molecule has 2 heterocycles. The van der Waals surface area contributed by atoms with Gasteiger partial charge < -0.3 is 19.8 Å². The summed E-state index contributed by atoms with van der Waals surface area (Å²) < 4.78 is 11.4. The van der Waals surface area contributed by atoms with Crippen LogP contribution in [0.25, 0.3) is 0 Å². The number of ether oxygens (including phenoxy) is 1. The van der Waals surface area contributed by atoms with Gasteiger partial charge in [0, 0.05) is 20.1 Å². The van der Waals surface area contributed by atoms with Gasteiger partial charge in [-0.1, -0.05) is 30.3 Å². The zero-order valence-corrected chi connectivity index (χ0v) is 18.5. The zero-order valence-electron chi connectivity index (χ0n) is 18.5. The Labute approximate surface area is 179 Å². The molecule has 0 spiro atoms. The van der Waals surface area contributed by atoms with E-state index in [0.29, 0.717) is 19.1 Å². The Bertz CT molecular complexity index is 763. The third-order valence-electron chi connectivity index (χ3n) is 5.57. The van der Waals surface area contributed by atoms with Crippen LogP contribution in [0.5, 0.6) is 0 Å². The molecule has 1 saturated heterocycles. The Morgan fingerprint density at radius 2 is 1.97 bits per heavy atom. The van der Waals surface area contributed by atoms with Gasteiger partial charge in [0.15, 0.2) is 5.96 Å². The molecular weight excluding hydrogens is 378 g/mol. The van der Waals surface area contributed by atoms with Crippen molar-refractivity contribution < 1.29 is 9.15 Å². The predicted octanol–water partition coefficient (Wildman–Crippen LogP) is 2.89. The first kappa shape index (κ1) is 22.3. The maximum atomic E-state index is 5.72. The van der Waals surface area contributed by atoms with E-state index in [1.165, 1.54) is 18.4 Å². The van der Waals surface area contributed by atoms with Gasteiger partial charge in [0.25, 0.3) is 0 Å². The molecule has 1 fully saturated rings. The summed E-state index contributed by atoms with van der Waals surface area (Å²) in [6.07, 6.45) is 2.34. The second kappa shape index (κ2) is 11.7. The average molecular weight is 414 g/mol. The minimum atomic E-state index is 0.639. The van der Waals surface area contributed by atoms with Crippen molar-refractivity contribution in [2.24, 2.45) is 10.9 Å². The van der Waals surface area contributed by atoms with Gasteiger partial charge in [0.1, 0.15) is 5.76 Å². The summed E-state index contributed by atoms with van der Waals surface area (Å²) >= 11 is 0. The monoisotopic (exact) mass is 413 g/mol. The number of aryl methyl sites for hydroxylation is 2. The predicted molar refractivity (Wildman–Crippen MR) is 119 cm³/mol. The summed E-state index contributed by atoms with van der Waals surface area (Å²) in [4.78, 5) is 11.2. The van der Waals surface area contributed by atoms with Crippen LogP contribution in [-0.4, -0.2) is 55.7 Å². The fourth-order valence-corrected chi connectivity index (χ4v) is 3.61. The fraction of sp³-hybridized carbons (Fsp3) is 0.565. The molecule has 0 aliphatic carbocycles. The number of oxazole rings is 1. The van der Waals surface area contributed by atoms with Crippen LogP contribution >= 0.6 is 0 Å². The minimum Gasteiger partial charge on any atom is -0.444 e. The number of piperidine rings is 1. The van der Waals surface area contributed by atoms with Gasteiger partial charge in [-0.05, 0) is 51.3 Å². The Morgan fingerprint density at radius 1 is 1.20 bits per heavy atom. The number of hydrogen-bond donors (Lipinski definition) is 2. The highest BCUT2D eigenvalue weighted by atomic mass is 16.5. The van der Waals surface area contributed by atoms with Gasteiger partial charge in [-0.2, -0.15) is 0 Å². The molecule has 1 aromatic carbocycles. The molecule has 1 aliphatic heterocycles. The van der Waals surface area contributed by atoms with Crippen molar-refractivity contribution in [1.29, 1.82) is 0 Å². The number of benzene rings is 1. The topological polar surface area (TPSA) is 74.9 Å². The SMILES string of the molecule is CN=C(NCCOCc1ccccc1)NCC1CCN(Cc2nc(C)c(C)o2)CC1. The quantitative estimate of drug-likeness (QED) is 0.374. The van der Waals surface area contributed by atoms with E-state index in [1.54, 1.807) is 0 Å². The lowest BCUT2D eigenvalue weighted by Gasteiger charge is -2.31. The van der Waals surface area contributed by atoms with E-state index in [4.69, 9.17) is 9.15 Å². The molecule has 0 atom stereocenters. The highest BCUT2D eigenvalue weighted by Crippen LogP contribution is 2.19. The van der Waals surface area contributed by atoms with Gasteiger partial charge in [-0.15, -0.1) is 0 Å². The van der Waals surface area contributed by atoms with Crippen molar-refractivity contribution in [3.05, 3.63) is 53.2 Å². The highest BCUT2D eigenvalue weighted by Gasteiger charge is 2.21. The van der Waals surface area contributed by atoms with Gasteiger partial charge in [0.05, 0.1) is 25.5 Å². The summed E-state index contributed by atoms with van der Waals surface area (Å²) in [5.74, 6) is 3.25. The molecule has 7 heteroatoms. The Kier molecular flexibility index (Phi) is 8.71. The number of guanidine groups is 1. The molecular formula is C23H35N5O2. The maximum Gasteiger partial charge on any atom is 0.208 e. The van der Waals surface area contributed by atoms with Gasteiger partial charge in [-0.25, -0.2) is 4.98 Å². The van der Waals surface area contributed by atoms with Crippen molar-refractivity contribution in [1.82, 2.24) is 20.5 Å². The number of aliphatic imine (C=N–C) groups is 1. The zero-order chi connectivity index (χ0) is 21.2. The van der Waals surface area contributed by atoms with E-state index in [2.05, 4.69) is 37.6 Å². The van der Waals surface area contributed by atoms with Crippen molar-refractivity contribution >= 4 is 5.96 Å². The van der Waals surface area contributed by atoms with Crippen LogP contribution < -0.4 is 10.6 Å². The van der Waals surface area contributed by atoms with E-state index < -0.39 is 0 Å². The lowest BCUT2D eigenvalue weighted by Crippen LogP contribution is -2.43. The third-order valence-corrected chi connectivity index (χ3v) is 5.57.